The van der Waals surface area contributed by atoms with Gasteiger partial charge in [-0.3, -0.25) is 9.88 Å². The zero-order valence-corrected chi connectivity index (χ0v) is 14.1. The van der Waals surface area contributed by atoms with Crippen molar-refractivity contribution in [2.45, 2.75) is 25.0 Å². The smallest absolute Gasteiger partial charge is 0.119 e. The highest BCUT2D eigenvalue weighted by molar-refractivity contribution is 5.83. The van der Waals surface area contributed by atoms with Gasteiger partial charge in [0.05, 0.1) is 18.7 Å². The molecule has 1 aromatic carbocycles. The van der Waals surface area contributed by atoms with Gasteiger partial charge in [-0.2, -0.15) is 0 Å². The van der Waals surface area contributed by atoms with E-state index < -0.39 is 6.10 Å². The molecule has 2 unspecified atom stereocenters. The van der Waals surface area contributed by atoms with Crippen molar-refractivity contribution in [2.75, 3.05) is 20.2 Å². The lowest BCUT2D eigenvalue weighted by Crippen LogP contribution is -2.54. The predicted octanol–water partition coefficient (Wildman–Crippen LogP) is 3.17. The Balaban J connectivity index is 1.69. The third kappa shape index (κ3) is 2.50. The molecule has 3 saturated heterocycles. The first-order valence-corrected chi connectivity index (χ1v) is 8.68. The lowest BCUT2D eigenvalue weighted by Gasteiger charge is -2.50. The fourth-order valence-electron chi connectivity index (χ4n) is 4.44. The molecule has 0 saturated carbocycles. The van der Waals surface area contributed by atoms with E-state index in [1.54, 1.807) is 13.3 Å². The number of methoxy groups -OCH3 is 1. The van der Waals surface area contributed by atoms with Crippen LogP contribution < -0.4 is 4.74 Å². The monoisotopic (exact) mass is 324 g/mol. The quantitative estimate of drug-likeness (QED) is 0.878. The summed E-state index contributed by atoms with van der Waals surface area (Å²) in [5.74, 6) is 2.01. The molecule has 1 N–H and O–H groups in total. The van der Waals surface area contributed by atoms with Crippen LogP contribution >= 0.6 is 0 Å². The Bertz CT molecular complexity index is 760. The average Bonchev–Trinajstić information content (AvgIpc) is 2.66. The van der Waals surface area contributed by atoms with Gasteiger partial charge in [0.2, 0.25) is 0 Å². The summed E-state index contributed by atoms with van der Waals surface area (Å²) < 4.78 is 5.35. The molecule has 5 rings (SSSR count). The zero-order valence-electron chi connectivity index (χ0n) is 14.1. The molecule has 3 aliphatic heterocycles. The summed E-state index contributed by atoms with van der Waals surface area (Å²) in [5.41, 5.74) is 1.85. The van der Waals surface area contributed by atoms with Gasteiger partial charge in [0.1, 0.15) is 5.75 Å². The first-order valence-electron chi connectivity index (χ1n) is 8.68. The van der Waals surface area contributed by atoms with E-state index in [4.69, 9.17) is 4.74 Å². The summed E-state index contributed by atoms with van der Waals surface area (Å²) in [6.45, 7) is 6.07. The van der Waals surface area contributed by atoms with E-state index in [0.717, 1.165) is 41.7 Å². The summed E-state index contributed by atoms with van der Waals surface area (Å²) in [6, 6.07) is 7.96. The highest BCUT2D eigenvalue weighted by Crippen LogP contribution is 2.42. The Morgan fingerprint density at radius 2 is 2.29 bits per heavy atom. The van der Waals surface area contributed by atoms with Crippen LogP contribution in [0.1, 0.15) is 24.5 Å². The second kappa shape index (κ2) is 6.19. The van der Waals surface area contributed by atoms with Crippen LogP contribution in [-0.2, 0) is 0 Å². The van der Waals surface area contributed by atoms with Crippen molar-refractivity contribution in [3.63, 3.8) is 0 Å². The molecule has 4 heteroatoms. The Morgan fingerprint density at radius 1 is 1.42 bits per heavy atom. The fraction of sp³-hybridized carbons (Fsp3) is 0.450. The van der Waals surface area contributed by atoms with Gasteiger partial charge in [-0.05, 0) is 61.1 Å². The van der Waals surface area contributed by atoms with E-state index in [1.165, 1.54) is 6.42 Å². The Hall–Kier alpha value is -1.91. The normalized spacial score (nSPS) is 30.2. The lowest BCUT2D eigenvalue weighted by molar-refractivity contribution is -0.0444. The number of hydrogen-bond donors (Lipinski definition) is 1. The maximum atomic E-state index is 11.2. The number of pyridine rings is 1. The minimum absolute atomic E-state index is 0.178. The molecule has 4 nitrogen and oxygen atoms in total. The molecular weight excluding hydrogens is 300 g/mol. The Kier molecular flexibility index (Phi) is 4.02. The number of nitrogens with zero attached hydrogens (tertiary/aromatic N) is 2. The summed E-state index contributed by atoms with van der Waals surface area (Å²) >= 11 is 0. The van der Waals surface area contributed by atoms with Crippen molar-refractivity contribution in [3.05, 3.63) is 48.7 Å². The topological polar surface area (TPSA) is 45.6 Å². The molecule has 24 heavy (non-hydrogen) atoms. The van der Waals surface area contributed by atoms with Crippen LogP contribution in [0, 0.1) is 11.8 Å². The molecule has 0 radical (unpaired) electrons. The van der Waals surface area contributed by atoms with Gasteiger partial charge in [0, 0.05) is 24.2 Å². The van der Waals surface area contributed by atoms with Crippen molar-refractivity contribution in [1.82, 2.24) is 9.88 Å². The molecule has 3 fully saturated rings. The van der Waals surface area contributed by atoms with E-state index >= 15 is 0 Å². The van der Waals surface area contributed by atoms with Crippen LogP contribution in [0.5, 0.6) is 5.75 Å². The lowest BCUT2D eigenvalue weighted by atomic mass is 9.73. The number of rotatable bonds is 4. The number of aliphatic hydroxyl groups is 1. The molecule has 2 bridgehead atoms. The van der Waals surface area contributed by atoms with Crippen LogP contribution in [-0.4, -0.2) is 41.2 Å². The maximum Gasteiger partial charge on any atom is 0.119 e. The molecule has 3 aliphatic rings. The minimum Gasteiger partial charge on any atom is -0.497 e. The van der Waals surface area contributed by atoms with Gasteiger partial charge in [0.15, 0.2) is 0 Å². The second-order valence-corrected chi connectivity index (χ2v) is 6.97. The van der Waals surface area contributed by atoms with E-state index in [2.05, 4.69) is 22.5 Å². The van der Waals surface area contributed by atoms with E-state index in [9.17, 15) is 5.11 Å². The molecule has 0 amide bonds. The van der Waals surface area contributed by atoms with Gasteiger partial charge in [-0.1, -0.05) is 6.08 Å². The molecule has 4 heterocycles. The number of fused-ring (bicyclic) bond motifs is 4. The van der Waals surface area contributed by atoms with Crippen molar-refractivity contribution in [1.29, 1.82) is 0 Å². The molecule has 0 spiro atoms. The second-order valence-electron chi connectivity index (χ2n) is 6.97. The Labute approximate surface area is 142 Å². The third-order valence-electron chi connectivity index (χ3n) is 5.82. The number of ether oxygens (including phenoxy) is 1. The largest absolute Gasteiger partial charge is 0.497 e. The highest BCUT2D eigenvalue weighted by atomic mass is 16.5. The van der Waals surface area contributed by atoms with Crippen molar-refractivity contribution < 1.29 is 9.84 Å². The van der Waals surface area contributed by atoms with Gasteiger partial charge in [-0.25, -0.2) is 0 Å². The summed E-state index contributed by atoms with van der Waals surface area (Å²) in [7, 11) is 1.66. The van der Waals surface area contributed by atoms with Crippen LogP contribution in [0.25, 0.3) is 10.9 Å². The van der Waals surface area contributed by atoms with Gasteiger partial charge < -0.3 is 9.84 Å². The maximum absolute atomic E-state index is 11.2. The van der Waals surface area contributed by atoms with Crippen LogP contribution in [0.2, 0.25) is 0 Å². The highest BCUT2D eigenvalue weighted by Gasteiger charge is 2.42. The molecule has 1 aromatic heterocycles. The standard InChI is InChI=1S/C20H24N2O2/c1-3-13-12-22-9-7-14(13)10-19(22)20(23)16-6-8-21-18-5-4-15(24-2)11-17(16)18/h3-6,8,11,13-14,19-20,23H,1,7,9-10,12H2,2H3/t13-,14-,19-,20?/m0/s1. The van der Waals surface area contributed by atoms with Crippen molar-refractivity contribution in [2.24, 2.45) is 11.8 Å². The predicted molar refractivity (Wildman–Crippen MR) is 95.0 cm³/mol. The van der Waals surface area contributed by atoms with Gasteiger partial charge >= 0.3 is 0 Å². The van der Waals surface area contributed by atoms with E-state index in [0.29, 0.717) is 11.8 Å². The molecule has 0 aliphatic carbocycles. The first-order chi connectivity index (χ1) is 11.7. The fourth-order valence-corrected chi connectivity index (χ4v) is 4.44. The minimum atomic E-state index is -0.504. The number of aromatic nitrogens is 1. The zero-order chi connectivity index (χ0) is 16.7. The number of aliphatic hydroxyl groups excluding tert-OH is 1. The molecule has 5 atom stereocenters. The van der Waals surface area contributed by atoms with Crippen LogP contribution in [0.3, 0.4) is 0 Å². The van der Waals surface area contributed by atoms with Crippen molar-refractivity contribution >= 4 is 10.9 Å². The number of piperidine rings is 3. The summed E-state index contributed by atoms with van der Waals surface area (Å²) in [5, 5.41) is 12.1. The van der Waals surface area contributed by atoms with Gasteiger partial charge in [0.25, 0.3) is 0 Å². The summed E-state index contributed by atoms with van der Waals surface area (Å²) in [6.07, 6.45) is 5.62. The number of benzene rings is 1. The molecular formula is C20H24N2O2. The van der Waals surface area contributed by atoms with Crippen molar-refractivity contribution in [3.8, 4) is 5.75 Å². The molecule has 2 aromatic rings. The van der Waals surface area contributed by atoms with E-state index in [-0.39, 0.29) is 6.04 Å². The SMILES string of the molecule is C=C[C@H]1CN2CC[C@H]1C[C@H]2C(O)c1ccnc2ccc(OC)cc12. The first kappa shape index (κ1) is 15.6. The van der Waals surface area contributed by atoms with Gasteiger partial charge in [-0.15, -0.1) is 6.58 Å². The number of hydrogen-bond acceptors (Lipinski definition) is 4. The van der Waals surface area contributed by atoms with E-state index in [1.807, 2.05) is 24.3 Å². The average molecular weight is 324 g/mol. The molecule has 126 valence electrons. The van der Waals surface area contributed by atoms with Crippen LogP contribution in [0.15, 0.2) is 43.1 Å². The summed E-state index contributed by atoms with van der Waals surface area (Å²) in [4.78, 5) is 6.86. The Morgan fingerprint density at radius 3 is 3.00 bits per heavy atom. The van der Waals surface area contributed by atoms with Crippen LogP contribution in [0.4, 0.5) is 0 Å². The third-order valence-corrected chi connectivity index (χ3v) is 5.82.